The van der Waals surface area contributed by atoms with E-state index in [0.717, 1.165) is 17.5 Å². The number of hydrogen-bond acceptors (Lipinski definition) is 3. The number of hydrogen-bond donors (Lipinski definition) is 1. The van der Waals surface area contributed by atoms with Crippen molar-refractivity contribution in [2.75, 3.05) is 0 Å². The second-order valence-corrected chi connectivity index (χ2v) is 5.38. The van der Waals surface area contributed by atoms with Crippen LogP contribution >= 0.6 is 23.2 Å². The van der Waals surface area contributed by atoms with Crippen LogP contribution in [0.1, 0.15) is 23.9 Å². The summed E-state index contributed by atoms with van der Waals surface area (Å²) in [5.41, 5.74) is 7.62. The molecule has 5 heteroatoms. The van der Waals surface area contributed by atoms with Gasteiger partial charge in [-0.25, -0.2) is 9.97 Å². The average Bonchev–Trinajstić information content (AvgIpc) is 2.35. The molecule has 1 aromatic heterocycles. The lowest BCUT2D eigenvalue weighted by Crippen LogP contribution is -2.18. The summed E-state index contributed by atoms with van der Waals surface area (Å²) in [6.45, 7) is 1.96. The highest BCUT2D eigenvalue weighted by atomic mass is 35.5. The molecule has 0 aliphatic carbocycles. The third kappa shape index (κ3) is 3.90. The molecule has 1 unspecified atom stereocenters. The standard InChI is InChI=1S/C14H15Cl2N3/c1-9(17)5-10-7-18-14(19-8-10)6-11-12(15)3-2-4-13(11)16/h2-4,7-9H,5-6,17H2,1H3. The molecule has 19 heavy (non-hydrogen) atoms. The molecule has 100 valence electrons. The molecule has 2 aromatic rings. The molecule has 0 amide bonds. The molecule has 1 heterocycles. The number of rotatable bonds is 4. The van der Waals surface area contributed by atoms with Crippen molar-refractivity contribution in [3.63, 3.8) is 0 Å². The summed E-state index contributed by atoms with van der Waals surface area (Å²) < 4.78 is 0. The van der Waals surface area contributed by atoms with Gasteiger partial charge in [-0.3, -0.25) is 0 Å². The molecular weight excluding hydrogens is 281 g/mol. The molecule has 0 bridgehead atoms. The number of aromatic nitrogens is 2. The summed E-state index contributed by atoms with van der Waals surface area (Å²) in [5.74, 6) is 0.698. The molecule has 0 saturated carbocycles. The molecule has 1 aromatic carbocycles. The van der Waals surface area contributed by atoms with Gasteiger partial charge in [0, 0.05) is 34.9 Å². The minimum Gasteiger partial charge on any atom is -0.328 e. The van der Waals surface area contributed by atoms with Crippen LogP contribution in [0, 0.1) is 0 Å². The molecule has 0 spiro atoms. The highest BCUT2D eigenvalue weighted by Crippen LogP contribution is 2.25. The van der Waals surface area contributed by atoms with E-state index in [4.69, 9.17) is 28.9 Å². The number of nitrogens with zero attached hydrogens (tertiary/aromatic N) is 2. The second-order valence-electron chi connectivity index (χ2n) is 4.57. The lowest BCUT2D eigenvalue weighted by atomic mass is 10.1. The van der Waals surface area contributed by atoms with Crippen LogP contribution in [0.2, 0.25) is 10.0 Å². The first-order chi connectivity index (χ1) is 9.06. The molecule has 1 atom stereocenters. The fraction of sp³-hybridized carbons (Fsp3) is 0.286. The largest absolute Gasteiger partial charge is 0.328 e. The lowest BCUT2D eigenvalue weighted by molar-refractivity contribution is 0.729. The zero-order valence-electron chi connectivity index (χ0n) is 10.6. The lowest BCUT2D eigenvalue weighted by Gasteiger charge is -2.07. The Morgan fingerprint density at radius 2 is 1.74 bits per heavy atom. The molecule has 0 radical (unpaired) electrons. The van der Waals surface area contributed by atoms with Crippen LogP contribution in [0.25, 0.3) is 0 Å². The van der Waals surface area contributed by atoms with E-state index in [9.17, 15) is 0 Å². The molecule has 0 aliphatic heterocycles. The normalized spacial score (nSPS) is 12.4. The minimum atomic E-state index is 0.104. The molecule has 2 N–H and O–H groups in total. The maximum atomic E-state index is 6.12. The Kier molecular flexibility index (Phi) is 4.75. The zero-order valence-corrected chi connectivity index (χ0v) is 12.1. The van der Waals surface area contributed by atoms with Gasteiger partial charge in [0.1, 0.15) is 5.82 Å². The third-order valence-electron chi connectivity index (χ3n) is 2.71. The van der Waals surface area contributed by atoms with Crippen molar-refractivity contribution in [1.29, 1.82) is 0 Å². The van der Waals surface area contributed by atoms with E-state index in [2.05, 4.69) is 9.97 Å². The van der Waals surface area contributed by atoms with Crippen molar-refractivity contribution in [2.45, 2.75) is 25.8 Å². The predicted octanol–water partition coefficient (Wildman–Crippen LogP) is 3.26. The molecular formula is C14H15Cl2N3. The van der Waals surface area contributed by atoms with Gasteiger partial charge in [-0.2, -0.15) is 0 Å². The van der Waals surface area contributed by atoms with Gasteiger partial charge in [0.2, 0.25) is 0 Å². The molecule has 0 aliphatic rings. The van der Waals surface area contributed by atoms with E-state index in [1.54, 1.807) is 12.4 Å². The minimum absolute atomic E-state index is 0.104. The first-order valence-electron chi connectivity index (χ1n) is 6.04. The predicted molar refractivity (Wildman–Crippen MR) is 78.7 cm³/mol. The average molecular weight is 296 g/mol. The number of halogens is 2. The first kappa shape index (κ1) is 14.3. The van der Waals surface area contributed by atoms with E-state index < -0.39 is 0 Å². The van der Waals surface area contributed by atoms with E-state index in [-0.39, 0.29) is 6.04 Å². The maximum Gasteiger partial charge on any atom is 0.132 e. The van der Waals surface area contributed by atoms with Gasteiger partial charge in [-0.05, 0) is 36.6 Å². The Bertz CT molecular complexity index is 533. The van der Waals surface area contributed by atoms with Crippen LogP contribution in [0.15, 0.2) is 30.6 Å². The van der Waals surface area contributed by atoms with Crippen molar-refractivity contribution < 1.29 is 0 Å². The zero-order chi connectivity index (χ0) is 13.8. The number of benzene rings is 1. The molecule has 3 nitrogen and oxygen atoms in total. The van der Waals surface area contributed by atoms with Crippen LogP contribution in [0.3, 0.4) is 0 Å². The van der Waals surface area contributed by atoms with Gasteiger partial charge < -0.3 is 5.73 Å². The Morgan fingerprint density at radius 1 is 1.16 bits per heavy atom. The fourth-order valence-corrected chi connectivity index (χ4v) is 2.34. The van der Waals surface area contributed by atoms with E-state index in [1.165, 1.54) is 0 Å². The van der Waals surface area contributed by atoms with Crippen molar-refractivity contribution in [2.24, 2.45) is 5.73 Å². The monoisotopic (exact) mass is 295 g/mol. The van der Waals surface area contributed by atoms with Crippen LogP contribution in [-0.2, 0) is 12.8 Å². The van der Waals surface area contributed by atoms with Gasteiger partial charge in [-0.15, -0.1) is 0 Å². The molecule has 0 fully saturated rings. The van der Waals surface area contributed by atoms with Gasteiger partial charge in [-0.1, -0.05) is 29.3 Å². The Balaban J connectivity index is 2.15. The Hall–Kier alpha value is -1.16. The maximum absolute atomic E-state index is 6.12. The van der Waals surface area contributed by atoms with E-state index >= 15 is 0 Å². The summed E-state index contributed by atoms with van der Waals surface area (Å²) >= 11 is 12.2. The van der Waals surface area contributed by atoms with E-state index in [1.807, 2.05) is 25.1 Å². The van der Waals surface area contributed by atoms with E-state index in [0.29, 0.717) is 22.3 Å². The smallest absolute Gasteiger partial charge is 0.132 e. The summed E-state index contributed by atoms with van der Waals surface area (Å²) in [4.78, 5) is 8.65. The molecule has 0 saturated heterocycles. The second kappa shape index (κ2) is 6.33. The van der Waals surface area contributed by atoms with Gasteiger partial charge in [0.15, 0.2) is 0 Å². The highest BCUT2D eigenvalue weighted by Gasteiger charge is 2.08. The highest BCUT2D eigenvalue weighted by molar-refractivity contribution is 6.36. The van der Waals surface area contributed by atoms with Crippen molar-refractivity contribution in [1.82, 2.24) is 9.97 Å². The topological polar surface area (TPSA) is 51.8 Å². The van der Waals surface area contributed by atoms with Crippen molar-refractivity contribution in [3.05, 3.63) is 57.6 Å². The summed E-state index contributed by atoms with van der Waals surface area (Å²) in [5, 5.41) is 1.27. The number of nitrogens with two attached hydrogens (primary N) is 1. The fourth-order valence-electron chi connectivity index (χ4n) is 1.81. The van der Waals surface area contributed by atoms with Crippen LogP contribution in [0.4, 0.5) is 0 Å². The van der Waals surface area contributed by atoms with Gasteiger partial charge >= 0.3 is 0 Å². The molecule has 2 rings (SSSR count). The van der Waals surface area contributed by atoms with Crippen LogP contribution < -0.4 is 5.73 Å². The van der Waals surface area contributed by atoms with Gasteiger partial charge in [0.25, 0.3) is 0 Å². The first-order valence-corrected chi connectivity index (χ1v) is 6.80. The SMILES string of the molecule is CC(N)Cc1cnc(Cc2c(Cl)cccc2Cl)nc1. The van der Waals surface area contributed by atoms with Crippen molar-refractivity contribution >= 4 is 23.2 Å². The third-order valence-corrected chi connectivity index (χ3v) is 3.42. The van der Waals surface area contributed by atoms with Gasteiger partial charge in [0.05, 0.1) is 0 Å². The summed E-state index contributed by atoms with van der Waals surface area (Å²) in [6.07, 6.45) is 4.90. The summed E-state index contributed by atoms with van der Waals surface area (Å²) in [7, 11) is 0. The van der Waals surface area contributed by atoms with Crippen LogP contribution in [-0.4, -0.2) is 16.0 Å². The summed E-state index contributed by atoms with van der Waals surface area (Å²) in [6, 6.07) is 5.55. The van der Waals surface area contributed by atoms with Crippen molar-refractivity contribution in [3.8, 4) is 0 Å². The quantitative estimate of drug-likeness (QED) is 0.942. The Labute approximate surface area is 122 Å². The van der Waals surface area contributed by atoms with Crippen LogP contribution in [0.5, 0.6) is 0 Å². The Morgan fingerprint density at radius 3 is 2.26 bits per heavy atom.